The number of amides is 1. The van der Waals surface area contributed by atoms with E-state index < -0.39 is 4.92 Å². The van der Waals surface area contributed by atoms with Gasteiger partial charge in [0, 0.05) is 30.4 Å². The van der Waals surface area contributed by atoms with Gasteiger partial charge in [-0.2, -0.15) is 0 Å². The van der Waals surface area contributed by atoms with Crippen LogP contribution in [0.5, 0.6) is 5.75 Å². The van der Waals surface area contributed by atoms with Gasteiger partial charge in [-0.25, -0.2) is 0 Å². The van der Waals surface area contributed by atoms with Crippen LogP contribution in [-0.2, 0) is 4.74 Å². The highest BCUT2D eigenvalue weighted by Crippen LogP contribution is 2.31. The average Bonchev–Trinajstić information content (AvgIpc) is 2.69. The molecule has 8 nitrogen and oxygen atoms in total. The Hall–Kier alpha value is -3.13. The van der Waals surface area contributed by atoms with Crippen LogP contribution in [0, 0.1) is 10.1 Å². The highest BCUT2D eigenvalue weighted by Gasteiger charge is 2.22. The quantitative estimate of drug-likeness (QED) is 0.619. The Morgan fingerprint density at radius 3 is 2.56 bits per heavy atom. The van der Waals surface area contributed by atoms with Gasteiger partial charge >= 0.3 is 0 Å². The second kappa shape index (κ2) is 8.50. The van der Waals surface area contributed by atoms with Crippen LogP contribution in [0.3, 0.4) is 0 Å². The molecule has 1 aliphatic heterocycles. The molecule has 1 amide bonds. The van der Waals surface area contributed by atoms with E-state index in [2.05, 4.69) is 5.32 Å². The Balaban J connectivity index is 1.77. The van der Waals surface area contributed by atoms with Crippen molar-refractivity contribution in [3.05, 3.63) is 58.1 Å². The van der Waals surface area contributed by atoms with Crippen molar-refractivity contribution in [2.24, 2.45) is 0 Å². The second-order valence-electron chi connectivity index (χ2n) is 5.97. The van der Waals surface area contributed by atoms with E-state index in [1.54, 1.807) is 36.4 Å². The maximum atomic E-state index is 12.4. The number of nitrogens with zero attached hydrogens (tertiary/aromatic N) is 2. The zero-order valence-electron chi connectivity index (χ0n) is 15.0. The molecule has 1 aliphatic rings. The fourth-order valence-corrected chi connectivity index (χ4v) is 2.89. The van der Waals surface area contributed by atoms with E-state index in [1.807, 2.05) is 11.8 Å². The summed E-state index contributed by atoms with van der Waals surface area (Å²) in [6, 6.07) is 11.4. The van der Waals surface area contributed by atoms with Gasteiger partial charge < -0.3 is 19.7 Å². The van der Waals surface area contributed by atoms with Crippen molar-refractivity contribution in [1.82, 2.24) is 0 Å². The zero-order valence-corrected chi connectivity index (χ0v) is 15.0. The van der Waals surface area contributed by atoms with Crippen molar-refractivity contribution in [1.29, 1.82) is 0 Å². The number of morpholine rings is 1. The third kappa shape index (κ3) is 4.53. The van der Waals surface area contributed by atoms with Crippen LogP contribution in [0.4, 0.5) is 17.1 Å². The molecule has 27 heavy (non-hydrogen) atoms. The van der Waals surface area contributed by atoms with Gasteiger partial charge in [0.15, 0.2) is 0 Å². The van der Waals surface area contributed by atoms with Crippen LogP contribution in [0.25, 0.3) is 0 Å². The van der Waals surface area contributed by atoms with Crippen molar-refractivity contribution >= 4 is 23.0 Å². The number of rotatable bonds is 6. The summed E-state index contributed by atoms with van der Waals surface area (Å²) in [5.41, 5.74) is 1.31. The number of anilines is 2. The molecule has 0 unspecified atom stereocenters. The normalized spacial score (nSPS) is 13.9. The Morgan fingerprint density at radius 2 is 1.93 bits per heavy atom. The predicted molar refractivity (Wildman–Crippen MR) is 102 cm³/mol. The molecule has 0 bridgehead atoms. The van der Waals surface area contributed by atoms with Crippen molar-refractivity contribution in [3.8, 4) is 5.75 Å². The van der Waals surface area contributed by atoms with Gasteiger partial charge in [0.2, 0.25) is 0 Å². The van der Waals surface area contributed by atoms with Crippen molar-refractivity contribution in [2.45, 2.75) is 6.92 Å². The molecule has 0 aromatic heterocycles. The molecule has 8 heteroatoms. The summed E-state index contributed by atoms with van der Waals surface area (Å²) in [5.74, 6) is 0.339. The summed E-state index contributed by atoms with van der Waals surface area (Å²) < 4.78 is 10.6. The Morgan fingerprint density at radius 1 is 1.22 bits per heavy atom. The fourth-order valence-electron chi connectivity index (χ4n) is 2.89. The molecular weight excluding hydrogens is 350 g/mol. The van der Waals surface area contributed by atoms with Gasteiger partial charge in [-0.3, -0.25) is 14.9 Å². The van der Waals surface area contributed by atoms with Gasteiger partial charge in [0.1, 0.15) is 11.4 Å². The third-order valence-electron chi connectivity index (χ3n) is 4.21. The SMILES string of the molecule is CCOc1ccc(C(=O)Nc2ccc(N3CCOCC3)c([N+](=O)[O-])c2)cc1. The van der Waals surface area contributed by atoms with Crippen molar-refractivity contribution in [2.75, 3.05) is 43.1 Å². The van der Waals surface area contributed by atoms with E-state index in [0.717, 1.165) is 0 Å². The topological polar surface area (TPSA) is 93.9 Å². The molecule has 142 valence electrons. The number of nitro groups is 1. The summed E-state index contributed by atoms with van der Waals surface area (Å²) in [6.07, 6.45) is 0. The van der Waals surface area contributed by atoms with Crippen LogP contribution < -0.4 is 15.0 Å². The number of hydrogen-bond donors (Lipinski definition) is 1. The van der Waals surface area contributed by atoms with E-state index in [9.17, 15) is 14.9 Å². The minimum atomic E-state index is -0.433. The van der Waals surface area contributed by atoms with Gasteiger partial charge in [-0.15, -0.1) is 0 Å². The van der Waals surface area contributed by atoms with E-state index >= 15 is 0 Å². The van der Waals surface area contributed by atoms with Crippen LogP contribution in [0.1, 0.15) is 17.3 Å². The predicted octanol–water partition coefficient (Wildman–Crippen LogP) is 3.08. The third-order valence-corrected chi connectivity index (χ3v) is 4.21. The van der Waals surface area contributed by atoms with E-state index in [0.29, 0.717) is 55.6 Å². The lowest BCUT2D eigenvalue weighted by Gasteiger charge is -2.28. The first-order valence-corrected chi connectivity index (χ1v) is 8.74. The van der Waals surface area contributed by atoms with Gasteiger partial charge in [0.05, 0.1) is 24.7 Å². The minimum absolute atomic E-state index is 0.0404. The zero-order chi connectivity index (χ0) is 19.2. The molecule has 1 heterocycles. The maximum Gasteiger partial charge on any atom is 0.294 e. The van der Waals surface area contributed by atoms with Crippen LogP contribution in [0.2, 0.25) is 0 Å². The molecule has 1 saturated heterocycles. The Labute approximate surface area is 156 Å². The Bertz CT molecular complexity index is 817. The van der Waals surface area contributed by atoms with Crippen LogP contribution in [-0.4, -0.2) is 43.7 Å². The molecule has 1 fully saturated rings. The number of hydrogen-bond acceptors (Lipinski definition) is 6. The van der Waals surface area contributed by atoms with Gasteiger partial charge in [0.25, 0.3) is 11.6 Å². The Kier molecular flexibility index (Phi) is 5.87. The molecule has 0 saturated carbocycles. The monoisotopic (exact) mass is 371 g/mol. The minimum Gasteiger partial charge on any atom is -0.494 e. The van der Waals surface area contributed by atoms with E-state index in [4.69, 9.17) is 9.47 Å². The first-order chi connectivity index (χ1) is 13.1. The molecule has 0 aliphatic carbocycles. The lowest BCUT2D eigenvalue weighted by Crippen LogP contribution is -2.36. The first-order valence-electron chi connectivity index (χ1n) is 8.74. The highest BCUT2D eigenvalue weighted by molar-refractivity contribution is 6.04. The lowest BCUT2D eigenvalue weighted by atomic mass is 10.1. The van der Waals surface area contributed by atoms with E-state index in [1.165, 1.54) is 6.07 Å². The molecule has 3 rings (SSSR count). The summed E-state index contributed by atoms with van der Waals surface area (Å²) in [6.45, 7) is 4.69. The summed E-state index contributed by atoms with van der Waals surface area (Å²) in [4.78, 5) is 25.4. The number of benzene rings is 2. The summed E-state index contributed by atoms with van der Waals surface area (Å²) in [7, 11) is 0. The fraction of sp³-hybridized carbons (Fsp3) is 0.316. The molecule has 2 aromatic carbocycles. The number of nitrogens with one attached hydrogen (secondary N) is 1. The standard InChI is InChI=1S/C19H21N3O5/c1-2-27-16-6-3-14(4-7-16)19(23)20-15-5-8-17(18(13-15)22(24)25)21-9-11-26-12-10-21/h3-8,13H,2,9-12H2,1H3,(H,20,23). The molecule has 2 aromatic rings. The summed E-state index contributed by atoms with van der Waals surface area (Å²) in [5, 5.41) is 14.2. The molecule has 1 N–H and O–H groups in total. The molecule has 0 atom stereocenters. The van der Waals surface area contributed by atoms with Gasteiger partial charge in [-0.1, -0.05) is 0 Å². The number of nitro benzene ring substituents is 1. The van der Waals surface area contributed by atoms with E-state index in [-0.39, 0.29) is 11.6 Å². The van der Waals surface area contributed by atoms with Crippen molar-refractivity contribution < 1.29 is 19.2 Å². The molecule has 0 radical (unpaired) electrons. The smallest absolute Gasteiger partial charge is 0.294 e. The number of ether oxygens (including phenoxy) is 2. The maximum absolute atomic E-state index is 12.4. The second-order valence-corrected chi connectivity index (χ2v) is 5.97. The highest BCUT2D eigenvalue weighted by atomic mass is 16.6. The molecule has 0 spiro atoms. The number of carbonyl (C=O) groups is 1. The average molecular weight is 371 g/mol. The van der Waals surface area contributed by atoms with Crippen molar-refractivity contribution in [3.63, 3.8) is 0 Å². The number of carbonyl (C=O) groups excluding carboxylic acids is 1. The molecular formula is C19H21N3O5. The van der Waals surface area contributed by atoms with Gasteiger partial charge in [-0.05, 0) is 43.3 Å². The largest absolute Gasteiger partial charge is 0.494 e. The lowest BCUT2D eigenvalue weighted by molar-refractivity contribution is -0.384. The van der Waals surface area contributed by atoms with Crippen LogP contribution in [0.15, 0.2) is 42.5 Å². The summed E-state index contributed by atoms with van der Waals surface area (Å²) >= 11 is 0. The van der Waals surface area contributed by atoms with Crippen LogP contribution >= 0.6 is 0 Å². The first kappa shape index (κ1) is 18.7.